The Balaban J connectivity index is 1.51. The van der Waals surface area contributed by atoms with Gasteiger partial charge in [0.15, 0.2) is 0 Å². The van der Waals surface area contributed by atoms with E-state index >= 15 is 0 Å². The van der Waals surface area contributed by atoms with E-state index in [4.69, 9.17) is 4.74 Å². The highest BCUT2D eigenvalue weighted by Crippen LogP contribution is 2.29. The fraction of sp³-hybridized carbons (Fsp3) is 0.556. The van der Waals surface area contributed by atoms with Crippen molar-refractivity contribution in [2.24, 2.45) is 5.92 Å². The van der Waals surface area contributed by atoms with Crippen LogP contribution in [0.15, 0.2) is 24.3 Å². The van der Waals surface area contributed by atoms with Crippen LogP contribution in [0.4, 0.5) is 4.79 Å². The molecule has 0 bridgehead atoms. The van der Waals surface area contributed by atoms with Crippen molar-refractivity contribution in [3.63, 3.8) is 0 Å². The highest BCUT2D eigenvalue weighted by molar-refractivity contribution is 6.06. The van der Waals surface area contributed by atoms with Gasteiger partial charge in [-0.05, 0) is 45.4 Å². The Bertz CT molecular complexity index is 616. The Morgan fingerprint density at radius 2 is 2.04 bits per heavy atom. The second-order valence-electron chi connectivity index (χ2n) is 6.91. The number of imide groups is 1. The third kappa shape index (κ3) is 3.53. The molecule has 24 heavy (non-hydrogen) atoms. The van der Waals surface area contributed by atoms with Crippen LogP contribution >= 0.6 is 0 Å². The number of nitrogens with one attached hydrogen (secondary N) is 2. The van der Waals surface area contributed by atoms with Crippen LogP contribution in [0.3, 0.4) is 0 Å². The highest BCUT2D eigenvalue weighted by Gasteiger charge is 2.48. The average Bonchev–Trinajstić information content (AvgIpc) is 2.83. The summed E-state index contributed by atoms with van der Waals surface area (Å²) in [5.74, 6) is 0.788. The van der Waals surface area contributed by atoms with Crippen LogP contribution in [0.2, 0.25) is 0 Å². The van der Waals surface area contributed by atoms with Crippen LogP contribution in [0.25, 0.3) is 0 Å². The van der Waals surface area contributed by atoms with Gasteiger partial charge in [-0.3, -0.25) is 15.0 Å². The summed E-state index contributed by atoms with van der Waals surface area (Å²) in [5, 5.41) is 5.16. The van der Waals surface area contributed by atoms with E-state index in [2.05, 4.69) is 22.5 Å². The standard InChI is InChI=1S/C18H25N3O3/c1-13-5-7-15(8-6-13)24-11-10-21-9-3-4-14(12-21)18(2)16(22)19-17(23)20-18/h5-8,14H,3-4,9-12H2,1-2H3,(H2,19,20,22,23)/t14-,18-/m1/s1. The molecule has 2 atom stereocenters. The lowest BCUT2D eigenvalue weighted by Gasteiger charge is -2.39. The highest BCUT2D eigenvalue weighted by atomic mass is 16.5. The van der Waals surface area contributed by atoms with Crippen LogP contribution in [0, 0.1) is 12.8 Å². The van der Waals surface area contributed by atoms with Gasteiger partial charge < -0.3 is 10.1 Å². The normalized spacial score (nSPS) is 27.7. The minimum absolute atomic E-state index is 0.122. The lowest BCUT2D eigenvalue weighted by molar-refractivity contribution is -0.126. The van der Waals surface area contributed by atoms with E-state index in [0.29, 0.717) is 6.61 Å². The number of amides is 3. The number of likely N-dealkylation sites (tertiary alicyclic amines) is 1. The van der Waals surface area contributed by atoms with Crippen molar-refractivity contribution in [2.75, 3.05) is 26.2 Å². The SMILES string of the molecule is Cc1ccc(OCCN2CCC[C@@H]([C@@]3(C)NC(=O)NC3=O)C2)cc1. The zero-order chi connectivity index (χ0) is 17.2. The van der Waals surface area contributed by atoms with Gasteiger partial charge >= 0.3 is 6.03 Å². The number of ether oxygens (including phenoxy) is 1. The summed E-state index contributed by atoms with van der Waals surface area (Å²) < 4.78 is 5.80. The summed E-state index contributed by atoms with van der Waals surface area (Å²) >= 11 is 0. The predicted molar refractivity (Wildman–Crippen MR) is 90.9 cm³/mol. The van der Waals surface area contributed by atoms with Gasteiger partial charge in [0, 0.05) is 19.0 Å². The third-order valence-electron chi connectivity index (χ3n) is 5.09. The molecule has 2 aliphatic rings. The molecule has 2 fully saturated rings. The number of urea groups is 1. The van der Waals surface area contributed by atoms with Gasteiger partial charge in [-0.15, -0.1) is 0 Å². The van der Waals surface area contributed by atoms with Gasteiger partial charge in [0.25, 0.3) is 5.91 Å². The van der Waals surface area contributed by atoms with Gasteiger partial charge in [0.1, 0.15) is 17.9 Å². The maximum atomic E-state index is 12.1. The number of benzene rings is 1. The summed E-state index contributed by atoms with van der Waals surface area (Å²) in [6.07, 6.45) is 1.97. The Morgan fingerprint density at radius 3 is 2.71 bits per heavy atom. The van der Waals surface area contributed by atoms with Crippen LogP contribution in [0.5, 0.6) is 5.75 Å². The second-order valence-corrected chi connectivity index (χ2v) is 6.91. The lowest BCUT2D eigenvalue weighted by Crippen LogP contribution is -2.56. The second kappa shape index (κ2) is 6.81. The van der Waals surface area contributed by atoms with E-state index in [1.54, 1.807) is 0 Å². The van der Waals surface area contributed by atoms with E-state index < -0.39 is 5.54 Å². The first kappa shape index (κ1) is 16.8. The van der Waals surface area contributed by atoms with E-state index in [1.807, 2.05) is 31.2 Å². The fourth-order valence-corrected chi connectivity index (χ4v) is 3.50. The summed E-state index contributed by atoms with van der Waals surface area (Å²) in [6, 6.07) is 7.65. The van der Waals surface area contributed by atoms with E-state index in [-0.39, 0.29) is 17.9 Å². The molecule has 6 nitrogen and oxygen atoms in total. The zero-order valence-corrected chi connectivity index (χ0v) is 14.3. The van der Waals surface area contributed by atoms with E-state index in [9.17, 15) is 9.59 Å². The molecule has 3 rings (SSSR count). The maximum absolute atomic E-state index is 12.1. The first-order valence-corrected chi connectivity index (χ1v) is 8.53. The zero-order valence-electron chi connectivity index (χ0n) is 14.3. The predicted octanol–water partition coefficient (Wildman–Crippen LogP) is 1.68. The molecule has 6 heteroatoms. The smallest absolute Gasteiger partial charge is 0.322 e. The number of hydrogen-bond donors (Lipinski definition) is 2. The molecule has 2 N–H and O–H groups in total. The molecule has 0 spiro atoms. The van der Waals surface area contributed by atoms with Crippen LogP contribution in [0.1, 0.15) is 25.3 Å². The van der Waals surface area contributed by atoms with Crippen molar-refractivity contribution >= 4 is 11.9 Å². The number of aryl methyl sites for hydroxylation is 1. The molecule has 2 aliphatic heterocycles. The molecule has 130 valence electrons. The molecule has 0 unspecified atom stereocenters. The Labute approximate surface area is 142 Å². The van der Waals surface area contributed by atoms with Crippen molar-refractivity contribution in [2.45, 2.75) is 32.2 Å². The number of nitrogens with zero attached hydrogens (tertiary/aromatic N) is 1. The van der Waals surface area contributed by atoms with Gasteiger partial charge in [-0.1, -0.05) is 17.7 Å². The fourth-order valence-electron chi connectivity index (χ4n) is 3.50. The number of rotatable bonds is 5. The van der Waals surface area contributed by atoms with Crippen molar-refractivity contribution in [1.82, 2.24) is 15.5 Å². The van der Waals surface area contributed by atoms with Crippen LogP contribution in [-0.2, 0) is 4.79 Å². The van der Waals surface area contributed by atoms with Crippen molar-refractivity contribution in [1.29, 1.82) is 0 Å². The van der Waals surface area contributed by atoms with Crippen molar-refractivity contribution in [3.05, 3.63) is 29.8 Å². The van der Waals surface area contributed by atoms with Crippen molar-refractivity contribution < 1.29 is 14.3 Å². The quantitative estimate of drug-likeness (QED) is 0.806. The molecule has 0 radical (unpaired) electrons. The molecular formula is C18H25N3O3. The monoisotopic (exact) mass is 331 g/mol. The van der Waals surface area contributed by atoms with E-state index in [1.165, 1.54) is 5.56 Å². The minimum Gasteiger partial charge on any atom is -0.492 e. The average molecular weight is 331 g/mol. The van der Waals surface area contributed by atoms with E-state index in [0.717, 1.165) is 38.2 Å². The van der Waals surface area contributed by atoms with Gasteiger partial charge in [0.05, 0.1) is 0 Å². The van der Waals surface area contributed by atoms with Crippen molar-refractivity contribution in [3.8, 4) is 5.75 Å². The van der Waals surface area contributed by atoms with Gasteiger partial charge in [-0.2, -0.15) is 0 Å². The maximum Gasteiger partial charge on any atom is 0.322 e. The summed E-state index contributed by atoms with van der Waals surface area (Å²) in [7, 11) is 0. The van der Waals surface area contributed by atoms with Crippen LogP contribution in [-0.4, -0.2) is 48.6 Å². The molecule has 0 aliphatic carbocycles. The molecule has 2 saturated heterocycles. The molecule has 0 aromatic heterocycles. The first-order valence-electron chi connectivity index (χ1n) is 8.53. The number of carbonyl (C=O) groups excluding carboxylic acids is 2. The Morgan fingerprint density at radius 1 is 1.29 bits per heavy atom. The lowest BCUT2D eigenvalue weighted by atomic mass is 9.80. The summed E-state index contributed by atoms with van der Waals surface area (Å²) in [6.45, 7) is 7.10. The molecule has 3 amide bonds. The van der Waals surface area contributed by atoms with Gasteiger partial charge in [0.2, 0.25) is 0 Å². The first-order chi connectivity index (χ1) is 11.5. The number of carbonyl (C=O) groups is 2. The largest absolute Gasteiger partial charge is 0.492 e. The molecule has 0 saturated carbocycles. The Hall–Kier alpha value is -2.08. The summed E-state index contributed by atoms with van der Waals surface area (Å²) in [4.78, 5) is 25.9. The van der Waals surface area contributed by atoms with Gasteiger partial charge in [-0.25, -0.2) is 4.79 Å². The third-order valence-corrected chi connectivity index (χ3v) is 5.09. The molecular weight excluding hydrogens is 306 g/mol. The number of hydrogen-bond acceptors (Lipinski definition) is 4. The van der Waals surface area contributed by atoms with Crippen LogP contribution < -0.4 is 15.4 Å². The topological polar surface area (TPSA) is 70.7 Å². The number of piperidine rings is 1. The molecule has 1 aromatic rings. The Kier molecular flexibility index (Phi) is 4.76. The molecule has 2 heterocycles. The minimum atomic E-state index is -0.798. The summed E-state index contributed by atoms with van der Waals surface area (Å²) in [5.41, 5.74) is 0.416. The molecule has 1 aromatic carbocycles.